The number of amidine groups is 1. The van der Waals surface area contributed by atoms with E-state index in [-0.39, 0.29) is 0 Å². The third kappa shape index (κ3) is 5.59. The summed E-state index contributed by atoms with van der Waals surface area (Å²) >= 11 is 0. The molecule has 0 bridgehead atoms. The molecule has 3 aromatic heterocycles. The molecule has 6 N–H and O–H groups in total. The van der Waals surface area contributed by atoms with E-state index in [9.17, 15) is 0 Å². The first-order valence-corrected chi connectivity index (χ1v) is 12.9. The minimum atomic E-state index is 0.301. The molecule has 8 heteroatoms. The quantitative estimate of drug-likeness (QED) is 0.149. The van der Waals surface area contributed by atoms with Crippen LogP contribution in [0.25, 0.3) is 22.3 Å². The van der Waals surface area contributed by atoms with Crippen molar-refractivity contribution in [2.75, 3.05) is 11.9 Å². The summed E-state index contributed by atoms with van der Waals surface area (Å²) in [5, 5.41) is 7.37. The Bertz CT molecular complexity index is 1160. The maximum atomic E-state index is 5.99. The summed E-state index contributed by atoms with van der Waals surface area (Å²) in [6.07, 6.45) is 7.74. The maximum Gasteiger partial charge on any atom is 0.140 e. The summed E-state index contributed by atoms with van der Waals surface area (Å²) in [7, 11) is 0. The van der Waals surface area contributed by atoms with Crippen LogP contribution in [0.15, 0.2) is 29.5 Å². The van der Waals surface area contributed by atoms with Crippen molar-refractivity contribution in [3.8, 4) is 11.3 Å². The van der Waals surface area contributed by atoms with Gasteiger partial charge in [-0.05, 0) is 63.8 Å². The Kier molecular flexibility index (Phi) is 9.09. The number of rotatable bonds is 8. The zero-order chi connectivity index (χ0) is 25.5. The van der Waals surface area contributed by atoms with Crippen LogP contribution >= 0.6 is 0 Å². The van der Waals surface area contributed by atoms with E-state index in [4.69, 9.17) is 21.5 Å². The van der Waals surface area contributed by atoms with Gasteiger partial charge in [0.2, 0.25) is 0 Å². The van der Waals surface area contributed by atoms with Crippen molar-refractivity contribution < 1.29 is 0 Å². The van der Waals surface area contributed by atoms with Crippen molar-refractivity contribution >= 4 is 22.6 Å². The molecule has 3 heterocycles. The van der Waals surface area contributed by atoms with Gasteiger partial charge in [0, 0.05) is 29.4 Å². The highest BCUT2D eigenvalue weighted by Crippen LogP contribution is 2.41. The van der Waals surface area contributed by atoms with E-state index in [2.05, 4.69) is 74.2 Å². The van der Waals surface area contributed by atoms with Crippen LogP contribution in [-0.4, -0.2) is 26.9 Å². The standard InChI is InChI=1S/C24H34N8.C3H8/c1-5-20-15(4)22-24(32(20)14(2)3)19(28-13-21(25)30-31-26)12-18(29-22)17-10-7-11-27-23(17)16-8-6-9-16;1-3-2/h7,10-12,14,16,31H,5-6,8-9,13,26H2,1-4H3,(H2,25,30)(H,28,29);3H2,1-2H3. The monoisotopic (exact) mass is 478 g/mol. The third-order valence-electron chi connectivity index (χ3n) is 6.44. The summed E-state index contributed by atoms with van der Waals surface area (Å²) in [6, 6.07) is 6.57. The van der Waals surface area contributed by atoms with Gasteiger partial charge < -0.3 is 15.6 Å². The summed E-state index contributed by atoms with van der Waals surface area (Å²) in [5.41, 5.74) is 17.1. The molecule has 0 aromatic carbocycles. The Morgan fingerprint density at radius 3 is 2.54 bits per heavy atom. The second-order valence-electron chi connectivity index (χ2n) is 9.50. The number of pyridine rings is 2. The van der Waals surface area contributed by atoms with E-state index in [1.54, 1.807) is 0 Å². The third-order valence-corrected chi connectivity index (χ3v) is 6.44. The number of fused-ring (bicyclic) bond motifs is 1. The first-order valence-electron chi connectivity index (χ1n) is 12.9. The van der Waals surface area contributed by atoms with Gasteiger partial charge >= 0.3 is 0 Å². The molecule has 3 aromatic rings. The summed E-state index contributed by atoms with van der Waals surface area (Å²) in [5.74, 6) is 6.19. The highest BCUT2D eigenvalue weighted by molar-refractivity contribution is 5.96. The predicted octanol–water partition coefficient (Wildman–Crippen LogP) is 5.38. The molecule has 0 aliphatic heterocycles. The van der Waals surface area contributed by atoms with E-state index in [1.165, 1.54) is 36.9 Å². The molecule has 1 aliphatic carbocycles. The maximum absolute atomic E-state index is 5.99. The number of nitrogens with one attached hydrogen (secondary N) is 2. The van der Waals surface area contributed by atoms with Crippen molar-refractivity contribution in [1.82, 2.24) is 20.1 Å². The first-order chi connectivity index (χ1) is 16.9. The number of hydrogen-bond acceptors (Lipinski definition) is 6. The van der Waals surface area contributed by atoms with Gasteiger partial charge in [-0.2, -0.15) is 5.10 Å². The second-order valence-corrected chi connectivity index (χ2v) is 9.50. The number of hydrazone groups is 1. The average molecular weight is 479 g/mol. The van der Waals surface area contributed by atoms with Gasteiger partial charge in [0.25, 0.3) is 0 Å². The SMILES string of the molecule is CCC.CCc1c(C)c2nc(-c3cccnc3C3CCC3)cc(NC/C(N)=N/NN)c2n1C(C)C. The number of aromatic nitrogens is 3. The number of anilines is 1. The van der Waals surface area contributed by atoms with E-state index in [1.807, 2.05) is 12.3 Å². The van der Waals surface area contributed by atoms with E-state index in [0.29, 0.717) is 24.3 Å². The lowest BCUT2D eigenvalue weighted by Gasteiger charge is -2.26. The predicted molar refractivity (Wildman–Crippen MR) is 147 cm³/mol. The highest BCUT2D eigenvalue weighted by atomic mass is 15.5. The fourth-order valence-corrected chi connectivity index (χ4v) is 4.72. The normalized spacial score (nSPS) is 14.0. The van der Waals surface area contributed by atoms with Crippen LogP contribution < -0.4 is 22.4 Å². The largest absolute Gasteiger partial charge is 0.384 e. The van der Waals surface area contributed by atoms with Gasteiger partial charge in [-0.25, -0.2) is 16.4 Å². The number of hydrogen-bond donors (Lipinski definition) is 4. The minimum absolute atomic E-state index is 0.301. The van der Waals surface area contributed by atoms with Crippen molar-refractivity contribution in [1.29, 1.82) is 0 Å². The summed E-state index contributed by atoms with van der Waals surface area (Å²) < 4.78 is 2.38. The highest BCUT2D eigenvalue weighted by Gasteiger charge is 2.26. The van der Waals surface area contributed by atoms with Gasteiger partial charge in [-0.15, -0.1) is 0 Å². The molecule has 4 rings (SSSR count). The fourth-order valence-electron chi connectivity index (χ4n) is 4.72. The Morgan fingerprint density at radius 1 is 1.26 bits per heavy atom. The Balaban J connectivity index is 0.00000108. The van der Waals surface area contributed by atoms with Crippen LogP contribution in [0, 0.1) is 6.92 Å². The van der Waals surface area contributed by atoms with Crippen LogP contribution in [0.5, 0.6) is 0 Å². The molecule has 1 aliphatic rings. The van der Waals surface area contributed by atoms with Crippen molar-refractivity contribution in [2.45, 2.75) is 85.6 Å². The topological polar surface area (TPSA) is 119 Å². The molecule has 8 nitrogen and oxygen atoms in total. The lowest BCUT2D eigenvalue weighted by molar-refractivity contribution is 0.412. The van der Waals surface area contributed by atoms with Gasteiger partial charge in [-0.3, -0.25) is 4.98 Å². The zero-order valence-corrected chi connectivity index (χ0v) is 22.2. The Morgan fingerprint density at radius 2 is 1.97 bits per heavy atom. The molecule has 35 heavy (non-hydrogen) atoms. The number of nitrogens with zero attached hydrogens (tertiary/aromatic N) is 4. The molecule has 1 saturated carbocycles. The molecule has 190 valence electrons. The molecule has 0 spiro atoms. The smallest absolute Gasteiger partial charge is 0.140 e. The number of nitrogens with two attached hydrogens (primary N) is 2. The Labute approximate surface area is 209 Å². The van der Waals surface area contributed by atoms with E-state index in [0.717, 1.165) is 40.1 Å². The number of hydrazine groups is 1. The van der Waals surface area contributed by atoms with E-state index >= 15 is 0 Å². The molecule has 0 radical (unpaired) electrons. The van der Waals surface area contributed by atoms with Gasteiger partial charge in [0.15, 0.2) is 0 Å². The molecule has 0 atom stereocenters. The summed E-state index contributed by atoms with van der Waals surface area (Å²) in [6.45, 7) is 13.4. The van der Waals surface area contributed by atoms with Crippen LogP contribution in [0.3, 0.4) is 0 Å². The van der Waals surface area contributed by atoms with Gasteiger partial charge in [-0.1, -0.05) is 33.6 Å². The van der Waals surface area contributed by atoms with Crippen LogP contribution in [0.4, 0.5) is 5.69 Å². The van der Waals surface area contributed by atoms with E-state index < -0.39 is 0 Å². The van der Waals surface area contributed by atoms with Gasteiger partial charge in [0.1, 0.15) is 5.84 Å². The van der Waals surface area contributed by atoms with Crippen LogP contribution in [0.2, 0.25) is 0 Å². The lowest BCUT2D eigenvalue weighted by Crippen LogP contribution is -2.28. The lowest BCUT2D eigenvalue weighted by atomic mass is 9.80. The Hall–Kier alpha value is -3.13. The molecule has 0 unspecified atom stereocenters. The van der Waals surface area contributed by atoms with Crippen molar-refractivity contribution in [3.63, 3.8) is 0 Å². The molecule has 0 saturated heterocycles. The first kappa shape index (κ1) is 26.5. The average Bonchev–Trinajstić information content (AvgIpc) is 3.09. The zero-order valence-electron chi connectivity index (χ0n) is 22.2. The molecule has 1 fully saturated rings. The number of aryl methyl sites for hydroxylation is 1. The summed E-state index contributed by atoms with van der Waals surface area (Å²) in [4.78, 5) is 9.94. The van der Waals surface area contributed by atoms with Crippen molar-refractivity contribution in [2.24, 2.45) is 16.7 Å². The second kappa shape index (κ2) is 12.0. The van der Waals surface area contributed by atoms with Crippen molar-refractivity contribution in [3.05, 3.63) is 41.3 Å². The molecular formula is C27H42N8. The van der Waals surface area contributed by atoms with Gasteiger partial charge in [0.05, 0.1) is 34.7 Å². The van der Waals surface area contributed by atoms with Crippen LogP contribution in [0.1, 0.15) is 89.2 Å². The molecule has 0 amide bonds. The minimum Gasteiger partial charge on any atom is -0.384 e. The fraction of sp³-hybridized carbons (Fsp3) is 0.519. The van der Waals surface area contributed by atoms with Crippen LogP contribution in [-0.2, 0) is 6.42 Å². The molecular weight excluding hydrogens is 436 g/mol.